The number of aromatic nitrogens is 4. The van der Waals surface area contributed by atoms with Crippen molar-refractivity contribution in [3.63, 3.8) is 0 Å². The molecule has 1 saturated heterocycles. The lowest BCUT2D eigenvalue weighted by Gasteiger charge is -2.34. The van der Waals surface area contributed by atoms with Crippen molar-refractivity contribution in [1.29, 1.82) is 0 Å². The molecule has 132 valence electrons. The van der Waals surface area contributed by atoms with E-state index in [1.165, 1.54) is 5.06 Å². The third-order valence-corrected chi connectivity index (χ3v) is 4.59. The molecular weight excluding hydrogens is 324 g/mol. The zero-order valence-electron chi connectivity index (χ0n) is 13.8. The highest BCUT2D eigenvalue weighted by Crippen LogP contribution is 2.25. The summed E-state index contributed by atoms with van der Waals surface area (Å²) in [6.45, 7) is 2.08. The number of hydrogen-bond acceptors (Lipinski definition) is 5. The number of aromatic amines is 1. The summed E-state index contributed by atoms with van der Waals surface area (Å²) >= 11 is 0. The standard InChI is InChI=1S/C16H20N6O3/c23-15(21-7-1-2-8-25-21)9-13-11-20(10-12-3-6-18-22(12)13)16(24)14-4-5-17-19-14/h3-6,13H,1-2,7-11H2,(H,17,19)/t13-/m1/s1. The van der Waals surface area contributed by atoms with E-state index in [-0.39, 0.29) is 24.3 Å². The molecule has 25 heavy (non-hydrogen) atoms. The third kappa shape index (κ3) is 3.14. The highest BCUT2D eigenvalue weighted by atomic mass is 16.7. The van der Waals surface area contributed by atoms with Crippen LogP contribution in [0.25, 0.3) is 0 Å². The molecule has 4 heterocycles. The van der Waals surface area contributed by atoms with Gasteiger partial charge in [0.2, 0.25) is 5.91 Å². The molecular formula is C16H20N6O3. The van der Waals surface area contributed by atoms with Gasteiger partial charge in [0.05, 0.1) is 31.3 Å². The van der Waals surface area contributed by atoms with Crippen molar-refractivity contribution in [2.75, 3.05) is 19.7 Å². The Balaban J connectivity index is 1.50. The highest BCUT2D eigenvalue weighted by Gasteiger charge is 2.32. The summed E-state index contributed by atoms with van der Waals surface area (Å²) in [6.07, 6.45) is 5.43. The maximum Gasteiger partial charge on any atom is 0.272 e. The van der Waals surface area contributed by atoms with Gasteiger partial charge in [0.15, 0.2) is 0 Å². The Hall–Kier alpha value is -2.68. The molecule has 0 unspecified atom stereocenters. The molecule has 2 amide bonds. The quantitative estimate of drug-likeness (QED) is 0.886. The van der Waals surface area contributed by atoms with E-state index in [0.29, 0.717) is 31.9 Å². The normalized spacial score (nSPS) is 20.4. The summed E-state index contributed by atoms with van der Waals surface area (Å²) in [5.41, 5.74) is 1.36. The number of amides is 2. The molecule has 0 aliphatic carbocycles. The first-order chi connectivity index (χ1) is 12.2. The zero-order valence-corrected chi connectivity index (χ0v) is 13.8. The molecule has 9 heteroatoms. The topological polar surface area (TPSA) is 96.3 Å². The second kappa shape index (κ2) is 6.67. The Morgan fingerprint density at radius 3 is 2.96 bits per heavy atom. The van der Waals surface area contributed by atoms with Crippen LogP contribution in [0.15, 0.2) is 24.5 Å². The van der Waals surface area contributed by atoms with Crippen molar-refractivity contribution in [1.82, 2.24) is 29.9 Å². The number of H-pyrrole nitrogens is 1. The highest BCUT2D eigenvalue weighted by molar-refractivity contribution is 5.92. The second-order valence-corrected chi connectivity index (χ2v) is 6.32. The van der Waals surface area contributed by atoms with Crippen LogP contribution in [-0.2, 0) is 16.2 Å². The number of rotatable bonds is 3. The molecule has 4 rings (SSSR count). The average molecular weight is 344 g/mol. The summed E-state index contributed by atoms with van der Waals surface area (Å²) in [4.78, 5) is 32.3. The number of fused-ring (bicyclic) bond motifs is 1. The van der Waals surface area contributed by atoms with E-state index in [0.717, 1.165) is 18.5 Å². The van der Waals surface area contributed by atoms with E-state index < -0.39 is 0 Å². The van der Waals surface area contributed by atoms with Gasteiger partial charge in [0, 0.05) is 25.5 Å². The minimum absolute atomic E-state index is 0.0676. The Labute approximate surface area is 144 Å². The molecule has 2 aliphatic heterocycles. The van der Waals surface area contributed by atoms with Gasteiger partial charge in [0.1, 0.15) is 5.69 Å². The van der Waals surface area contributed by atoms with E-state index in [2.05, 4.69) is 15.3 Å². The van der Waals surface area contributed by atoms with E-state index >= 15 is 0 Å². The first-order valence-corrected chi connectivity index (χ1v) is 8.46. The smallest absolute Gasteiger partial charge is 0.272 e. The molecule has 1 fully saturated rings. The fourth-order valence-corrected chi connectivity index (χ4v) is 3.34. The van der Waals surface area contributed by atoms with Crippen LogP contribution in [0.5, 0.6) is 0 Å². The monoisotopic (exact) mass is 344 g/mol. The number of carbonyl (C=O) groups is 2. The van der Waals surface area contributed by atoms with Gasteiger partial charge in [-0.2, -0.15) is 10.2 Å². The van der Waals surface area contributed by atoms with Crippen LogP contribution in [0, 0.1) is 0 Å². The van der Waals surface area contributed by atoms with Gasteiger partial charge < -0.3 is 4.90 Å². The van der Waals surface area contributed by atoms with Gasteiger partial charge >= 0.3 is 0 Å². The van der Waals surface area contributed by atoms with E-state index in [4.69, 9.17) is 4.84 Å². The second-order valence-electron chi connectivity index (χ2n) is 6.32. The van der Waals surface area contributed by atoms with Crippen LogP contribution in [0.1, 0.15) is 41.5 Å². The van der Waals surface area contributed by atoms with Crippen LogP contribution in [0.2, 0.25) is 0 Å². The minimum Gasteiger partial charge on any atom is -0.329 e. The van der Waals surface area contributed by atoms with Crippen molar-refractivity contribution >= 4 is 11.8 Å². The summed E-state index contributed by atoms with van der Waals surface area (Å²) in [6, 6.07) is 3.32. The number of hydrogen-bond donors (Lipinski definition) is 1. The molecule has 0 saturated carbocycles. The summed E-state index contributed by atoms with van der Waals surface area (Å²) in [5, 5.41) is 12.3. The van der Waals surface area contributed by atoms with E-state index in [9.17, 15) is 9.59 Å². The predicted octanol–water partition coefficient (Wildman–Crippen LogP) is 0.747. The van der Waals surface area contributed by atoms with Gasteiger partial charge in [-0.25, -0.2) is 5.06 Å². The average Bonchev–Trinajstić information content (AvgIpc) is 3.33. The lowest BCUT2D eigenvalue weighted by Crippen LogP contribution is -2.44. The van der Waals surface area contributed by atoms with E-state index in [1.54, 1.807) is 23.4 Å². The van der Waals surface area contributed by atoms with Gasteiger partial charge in [-0.1, -0.05) is 0 Å². The molecule has 2 aliphatic rings. The van der Waals surface area contributed by atoms with Crippen LogP contribution in [0.3, 0.4) is 0 Å². The Morgan fingerprint density at radius 2 is 2.20 bits per heavy atom. The summed E-state index contributed by atoms with van der Waals surface area (Å²) < 4.78 is 1.85. The van der Waals surface area contributed by atoms with Crippen molar-refractivity contribution in [2.45, 2.75) is 31.8 Å². The van der Waals surface area contributed by atoms with E-state index in [1.807, 2.05) is 10.7 Å². The molecule has 2 aromatic rings. The van der Waals surface area contributed by atoms with Gasteiger partial charge in [-0.05, 0) is 25.0 Å². The van der Waals surface area contributed by atoms with Gasteiger partial charge in [-0.3, -0.25) is 24.2 Å². The van der Waals surface area contributed by atoms with Gasteiger partial charge in [0.25, 0.3) is 5.91 Å². The molecule has 1 atom stereocenters. The van der Waals surface area contributed by atoms with Crippen molar-refractivity contribution in [3.05, 3.63) is 35.9 Å². The van der Waals surface area contributed by atoms with Crippen molar-refractivity contribution in [2.24, 2.45) is 0 Å². The molecule has 0 radical (unpaired) electrons. The fraction of sp³-hybridized carbons (Fsp3) is 0.500. The van der Waals surface area contributed by atoms with Crippen molar-refractivity contribution in [3.8, 4) is 0 Å². The first kappa shape index (κ1) is 15.8. The molecule has 1 N–H and O–H groups in total. The molecule has 0 bridgehead atoms. The summed E-state index contributed by atoms with van der Waals surface area (Å²) in [5.74, 6) is -0.196. The Kier molecular flexibility index (Phi) is 4.22. The molecule has 2 aromatic heterocycles. The number of carbonyl (C=O) groups excluding carboxylic acids is 2. The van der Waals surface area contributed by atoms with Gasteiger partial charge in [-0.15, -0.1) is 0 Å². The minimum atomic E-state index is -0.205. The van der Waals surface area contributed by atoms with Crippen LogP contribution in [-0.4, -0.2) is 61.5 Å². The lowest BCUT2D eigenvalue weighted by atomic mass is 10.1. The fourth-order valence-electron chi connectivity index (χ4n) is 3.34. The molecule has 9 nitrogen and oxygen atoms in total. The maximum atomic E-state index is 12.6. The number of hydroxylamine groups is 2. The van der Waals surface area contributed by atoms with Crippen molar-refractivity contribution < 1.29 is 14.4 Å². The Morgan fingerprint density at radius 1 is 1.28 bits per heavy atom. The summed E-state index contributed by atoms with van der Waals surface area (Å²) in [7, 11) is 0. The lowest BCUT2D eigenvalue weighted by molar-refractivity contribution is -0.198. The zero-order chi connectivity index (χ0) is 17.2. The molecule has 0 aromatic carbocycles. The van der Waals surface area contributed by atoms with Crippen LogP contribution < -0.4 is 0 Å². The SMILES string of the molecule is O=C(c1ccn[nH]1)N1Cc2ccnn2[C@H](CC(=O)N2CCCCO2)C1. The Bertz CT molecular complexity index is 750. The largest absolute Gasteiger partial charge is 0.329 e. The third-order valence-electron chi connectivity index (χ3n) is 4.59. The predicted molar refractivity (Wildman–Crippen MR) is 86.1 cm³/mol. The number of nitrogens with zero attached hydrogens (tertiary/aromatic N) is 5. The first-order valence-electron chi connectivity index (χ1n) is 8.46. The van der Waals surface area contributed by atoms with Crippen LogP contribution in [0.4, 0.5) is 0 Å². The van der Waals surface area contributed by atoms with Crippen LogP contribution >= 0.6 is 0 Å². The maximum absolute atomic E-state index is 12.6. The number of nitrogens with one attached hydrogen (secondary N) is 1. The molecule has 0 spiro atoms.